The maximum absolute atomic E-state index is 13.9. The number of hydrogen-bond acceptors (Lipinski definition) is 4. The van der Waals surface area contributed by atoms with Gasteiger partial charge in [0.15, 0.2) is 0 Å². The van der Waals surface area contributed by atoms with Crippen molar-refractivity contribution in [2.75, 3.05) is 18.0 Å². The molecule has 0 N–H and O–H groups in total. The number of fused-ring (bicyclic) bond motifs is 2. The predicted molar refractivity (Wildman–Crippen MR) is 144 cm³/mol. The maximum atomic E-state index is 13.9. The summed E-state index contributed by atoms with van der Waals surface area (Å²) in [5.41, 5.74) is 3.74. The highest BCUT2D eigenvalue weighted by Gasteiger charge is 2.37. The minimum absolute atomic E-state index is 0.0116. The minimum atomic E-state index is -3.99. The largest absolute Gasteiger partial charge is 0.338 e. The van der Waals surface area contributed by atoms with Crippen molar-refractivity contribution < 1.29 is 18.0 Å². The highest BCUT2D eigenvalue weighted by molar-refractivity contribution is 7.91. The molecule has 3 aromatic carbocycles. The van der Waals surface area contributed by atoms with Gasteiger partial charge in [-0.05, 0) is 73.6 Å². The van der Waals surface area contributed by atoms with E-state index in [1.165, 1.54) is 17.0 Å². The zero-order chi connectivity index (χ0) is 26.5. The van der Waals surface area contributed by atoms with Crippen LogP contribution < -0.4 is 4.90 Å². The second-order valence-corrected chi connectivity index (χ2v) is 12.5. The van der Waals surface area contributed by atoms with E-state index in [1.54, 1.807) is 30.3 Å². The third kappa shape index (κ3) is 4.57. The van der Waals surface area contributed by atoms with Gasteiger partial charge in [-0.3, -0.25) is 9.59 Å². The van der Waals surface area contributed by atoms with Gasteiger partial charge in [-0.15, -0.1) is 0 Å². The predicted octanol–water partition coefficient (Wildman–Crippen LogP) is 5.41. The van der Waals surface area contributed by atoms with Crippen LogP contribution in [0.1, 0.15) is 57.7 Å². The second kappa shape index (κ2) is 9.45. The van der Waals surface area contributed by atoms with Gasteiger partial charge in [-0.1, -0.05) is 49.7 Å². The van der Waals surface area contributed by atoms with Crippen LogP contribution in [0.5, 0.6) is 0 Å². The van der Waals surface area contributed by atoms with Gasteiger partial charge in [0, 0.05) is 18.7 Å². The first-order valence-electron chi connectivity index (χ1n) is 12.7. The fourth-order valence-electron chi connectivity index (χ4n) is 5.65. The summed E-state index contributed by atoms with van der Waals surface area (Å²) >= 11 is 0. The normalized spacial score (nSPS) is 20.7. The van der Waals surface area contributed by atoms with E-state index in [9.17, 15) is 18.0 Å². The van der Waals surface area contributed by atoms with Crippen LogP contribution in [0.3, 0.4) is 0 Å². The molecule has 1 saturated heterocycles. The molecule has 2 unspecified atom stereocenters. The van der Waals surface area contributed by atoms with Crippen molar-refractivity contribution in [3.05, 3.63) is 88.5 Å². The topological polar surface area (TPSA) is 74.8 Å². The van der Waals surface area contributed by atoms with Crippen molar-refractivity contribution in [1.29, 1.82) is 0 Å². The molecule has 0 aliphatic carbocycles. The number of aryl methyl sites for hydroxylation is 2. The summed E-state index contributed by atoms with van der Waals surface area (Å²) < 4.78 is 27.5. The highest BCUT2D eigenvalue weighted by Crippen LogP contribution is 2.39. The summed E-state index contributed by atoms with van der Waals surface area (Å²) in [6, 6.07) is 17.0. The smallest absolute Gasteiger partial charge is 0.259 e. The molecule has 0 bridgehead atoms. The van der Waals surface area contributed by atoms with Gasteiger partial charge in [0.2, 0.25) is 9.84 Å². The van der Waals surface area contributed by atoms with E-state index >= 15 is 0 Å². The first-order valence-corrected chi connectivity index (χ1v) is 14.2. The van der Waals surface area contributed by atoms with Gasteiger partial charge < -0.3 is 9.80 Å². The molecule has 6 nitrogen and oxygen atoms in total. The van der Waals surface area contributed by atoms with E-state index in [1.807, 2.05) is 36.9 Å². The van der Waals surface area contributed by atoms with Crippen molar-refractivity contribution in [1.82, 2.24) is 4.90 Å². The molecule has 0 saturated carbocycles. The molecule has 2 aliphatic rings. The van der Waals surface area contributed by atoms with Gasteiger partial charge >= 0.3 is 0 Å². The first-order chi connectivity index (χ1) is 17.6. The first kappa shape index (κ1) is 25.2. The Balaban J connectivity index is 1.67. The number of carbonyl (C=O) groups excluding carboxylic acids is 2. The molecule has 37 heavy (non-hydrogen) atoms. The standard InChI is InChI=1S/C30H32N2O4S/c1-19-9-10-22(4)24(14-19)18-32-26-15-23(29(33)31-16-20(2)13-21(3)17-31)11-12-28(26)37(35,36)27-8-6-5-7-25(27)30(32)34/h5-12,14-15,20-21H,13,16-18H2,1-4H3. The van der Waals surface area contributed by atoms with Crippen molar-refractivity contribution in [2.24, 2.45) is 11.8 Å². The molecule has 1 fully saturated rings. The quantitative estimate of drug-likeness (QED) is 0.466. The Labute approximate surface area is 218 Å². The number of likely N-dealkylation sites (tertiary alicyclic amines) is 1. The number of hydrogen-bond donors (Lipinski definition) is 0. The van der Waals surface area contributed by atoms with Crippen LogP contribution in [0.15, 0.2) is 70.5 Å². The van der Waals surface area contributed by atoms with Crippen LogP contribution in [-0.4, -0.2) is 38.2 Å². The number of piperidine rings is 1. The van der Waals surface area contributed by atoms with Gasteiger partial charge in [0.05, 0.1) is 27.6 Å². The van der Waals surface area contributed by atoms with Crippen LogP contribution in [-0.2, 0) is 16.4 Å². The number of anilines is 1. The monoisotopic (exact) mass is 516 g/mol. The molecule has 0 spiro atoms. The summed E-state index contributed by atoms with van der Waals surface area (Å²) in [4.78, 5) is 30.9. The Hall–Kier alpha value is -3.45. The van der Waals surface area contributed by atoms with Crippen LogP contribution in [0.25, 0.3) is 0 Å². The van der Waals surface area contributed by atoms with Gasteiger partial charge in [-0.25, -0.2) is 8.42 Å². The van der Waals surface area contributed by atoms with E-state index < -0.39 is 15.7 Å². The fraction of sp³-hybridized carbons (Fsp3) is 0.333. The molecule has 2 heterocycles. The average Bonchev–Trinajstić information content (AvgIpc) is 2.93. The summed E-state index contributed by atoms with van der Waals surface area (Å²) in [5, 5.41) is 0. The average molecular weight is 517 g/mol. The Bertz CT molecular complexity index is 1500. The SMILES string of the molecule is Cc1ccc(C)c(CN2C(=O)c3ccccc3S(=O)(=O)c3ccc(C(=O)N4CC(C)CC(C)C4)cc32)c1. The van der Waals surface area contributed by atoms with Crippen LogP contribution >= 0.6 is 0 Å². The number of rotatable bonds is 3. The highest BCUT2D eigenvalue weighted by atomic mass is 32.2. The van der Waals surface area contributed by atoms with Crippen LogP contribution in [0.2, 0.25) is 0 Å². The zero-order valence-electron chi connectivity index (χ0n) is 21.7. The third-order valence-electron chi connectivity index (χ3n) is 7.43. The van der Waals surface area contributed by atoms with E-state index in [0.29, 0.717) is 30.5 Å². The summed E-state index contributed by atoms with van der Waals surface area (Å²) in [5.74, 6) is 0.250. The van der Waals surface area contributed by atoms with Gasteiger partial charge in [-0.2, -0.15) is 0 Å². The number of carbonyl (C=O) groups is 2. The number of nitrogens with zero attached hydrogens (tertiary/aromatic N) is 2. The molecule has 2 atom stereocenters. The summed E-state index contributed by atoms with van der Waals surface area (Å²) in [6.45, 7) is 9.76. The minimum Gasteiger partial charge on any atom is -0.338 e. The van der Waals surface area contributed by atoms with Crippen LogP contribution in [0, 0.1) is 25.7 Å². The van der Waals surface area contributed by atoms with Gasteiger partial charge in [0.25, 0.3) is 11.8 Å². The molecule has 5 rings (SSSR count). The zero-order valence-corrected chi connectivity index (χ0v) is 22.5. The summed E-state index contributed by atoms with van der Waals surface area (Å²) in [7, 11) is -3.99. The van der Waals surface area contributed by atoms with Gasteiger partial charge in [0.1, 0.15) is 0 Å². The summed E-state index contributed by atoms with van der Waals surface area (Å²) in [6.07, 6.45) is 1.07. The molecule has 0 radical (unpaired) electrons. The lowest BCUT2D eigenvalue weighted by Crippen LogP contribution is -2.42. The van der Waals surface area contributed by atoms with E-state index in [4.69, 9.17) is 0 Å². The Kier molecular flexibility index (Phi) is 6.44. The number of amides is 2. The molecule has 0 aromatic heterocycles. The second-order valence-electron chi connectivity index (χ2n) is 10.7. The molecule has 2 amide bonds. The number of benzene rings is 3. The molecular weight excluding hydrogens is 484 g/mol. The molecule has 192 valence electrons. The molecular formula is C30H32N2O4S. The maximum Gasteiger partial charge on any atom is 0.259 e. The van der Waals surface area contributed by atoms with E-state index in [2.05, 4.69) is 13.8 Å². The Morgan fingerprint density at radius 3 is 2.35 bits per heavy atom. The lowest BCUT2D eigenvalue weighted by molar-refractivity contribution is 0.0623. The molecule has 2 aliphatic heterocycles. The molecule has 3 aromatic rings. The lowest BCUT2D eigenvalue weighted by atomic mass is 9.91. The number of sulfone groups is 1. The van der Waals surface area contributed by atoms with Crippen molar-refractivity contribution in [3.63, 3.8) is 0 Å². The van der Waals surface area contributed by atoms with Crippen molar-refractivity contribution in [3.8, 4) is 0 Å². The van der Waals surface area contributed by atoms with E-state index in [-0.39, 0.29) is 33.5 Å². The Morgan fingerprint density at radius 1 is 0.919 bits per heavy atom. The van der Waals surface area contributed by atoms with Crippen LogP contribution in [0.4, 0.5) is 5.69 Å². The third-order valence-corrected chi connectivity index (χ3v) is 9.29. The molecule has 7 heteroatoms. The van der Waals surface area contributed by atoms with E-state index in [0.717, 1.165) is 23.1 Å². The lowest BCUT2D eigenvalue weighted by Gasteiger charge is -2.35. The van der Waals surface area contributed by atoms with Crippen molar-refractivity contribution in [2.45, 2.75) is 50.5 Å². The van der Waals surface area contributed by atoms with Crippen molar-refractivity contribution >= 4 is 27.3 Å². The fourth-order valence-corrected chi connectivity index (χ4v) is 7.28. The Morgan fingerprint density at radius 2 is 1.62 bits per heavy atom.